The van der Waals surface area contributed by atoms with E-state index >= 15 is 0 Å². The van der Waals surface area contributed by atoms with Crippen LogP contribution in [0.1, 0.15) is 20.8 Å². The molecule has 0 aromatic rings. The summed E-state index contributed by atoms with van der Waals surface area (Å²) in [6.07, 6.45) is 2.94. The zero-order valence-corrected chi connectivity index (χ0v) is 7.87. The summed E-state index contributed by atoms with van der Waals surface area (Å²) < 4.78 is 5.28. The van der Waals surface area contributed by atoms with E-state index in [0.717, 1.165) is 5.57 Å². The van der Waals surface area contributed by atoms with Gasteiger partial charge in [-0.05, 0) is 20.8 Å². The van der Waals surface area contributed by atoms with Gasteiger partial charge in [-0.3, -0.25) is 0 Å². The lowest BCUT2D eigenvalue weighted by Gasteiger charge is -2.03. The summed E-state index contributed by atoms with van der Waals surface area (Å²) >= 11 is 0. The lowest BCUT2D eigenvalue weighted by atomic mass is 10.0. The van der Waals surface area contributed by atoms with Crippen molar-refractivity contribution in [3.8, 4) is 0 Å². The minimum Gasteiger partial charge on any atom is -0.386 e. The zero-order valence-electron chi connectivity index (χ0n) is 7.87. The first kappa shape index (κ1) is 9.49. The fraction of sp³-hybridized carbons (Fsp3) is 0.600. The van der Waals surface area contributed by atoms with E-state index in [-0.39, 0.29) is 11.7 Å². The average Bonchev–Trinajstić information content (AvgIpc) is 2.59. The molecule has 1 aliphatic rings. The van der Waals surface area contributed by atoms with E-state index in [1.807, 2.05) is 20.8 Å². The van der Waals surface area contributed by atoms with Crippen LogP contribution in [0.4, 0.5) is 0 Å². The van der Waals surface area contributed by atoms with Gasteiger partial charge in [-0.2, -0.15) is 0 Å². The van der Waals surface area contributed by atoms with E-state index in [4.69, 9.17) is 4.74 Å². The first-order valence-corrected chi connectivity index (χ1v) is 4.14. The number of epoxide rings is 1. The van der Waals surface area contributed by atoms with E-state index in [0.29, 0.717) is 0 Å². The molecule has 1 saturated heterocycles. The quantitative estimate of drug-likeness (QED) is 0.513. The van der Waals surface area contributed by atoms with E-state index in [2.05, 4.69) is 6.58 Å². The minimum absolute atomic E-state index is 0.0487. The van der Waals surface area contributed by atoms with Crippen molar-refractivity contribution in [2.45, 2.75) is 38.6 Å². The molecule has 1 fully saturated rings. The smallest absolute Gasteiger partial charge is 0.116 e. The van der Waals surface area contributed by atoms with Crippen molar-refractivity contribution in [3.63, 3.8) is 0 Å². The van der Waals surface area contributed by atoms with Crippen molar-refractivity contribution in [2.24, 2.45) is 0 Å². The van der Waals surface area contributed by atoms with Gasteiger partial charge in [0.2, 0.25) is 0 Å². The molecule has 2 heteroatoms. The van der Waals surface area contributed by atoms with Crippen molar-refractivity contribution in [2.75, 3.05) is 0 Å². The van der Waals surface area contributed by atoms with Crippen LogP contribution in [0, 0.1) is 0 Å². The molecule has 12 heavy (non-hydrogen) atoms. The van der Waals surface area contributed by atoms with E-state index in [9.17, 15) is 5.11 Å². The van der Waals surface area contributed by atoms with Crippen molar-refractivity contribution < 1.29 is 9.84 Å². The van der Waals surface area contributed by atoms with Crippen molar-refractivity contribution in [1.82, 2.24) is 0 Å². The molecule has 2 nitrogen and oxygen atoms in total. The Bertz CT molecular complexity index is 216. The molecule has 0 amide bonds. The van der Waals surface area contributed by atoms with Gasteiger partial charge in [-0.1, -0.05) is 24.3 Å². The number of aliphatic hydroxyl groups excluding tert-OH is 1. The average molecular weight is 168 g/mol. The van der Waals surface area contributed by atoms with Gasteiger partial charge in [0.15, 0.2) is 0 Å². The molecule has 0 bridgehead atoms. The lowest BCUT2D eigenvalue weighted by Crippen LogP contribution is -2.18. The van der Waals surface area contributed by atoms with E-state index in [1.54, 1.807) is 12.2 Å². The molecule has 0 aromatic heterocycles. The Balaban J connectivity index is 2.51. The fourth-order valence-corrected chi connectivity index (χ4v) is 1.20. The van der Waals surface area contributed by atoms with Crippen LogP contribution in [-0.4, -0.2) is 22.9 Å². The van der Waals surface area contributed by atoms with Crippen LogP contribution < -0.4 is 0 Å². The van der Waals surface area contributed by atoms with Gasteiger partial charge in [0.05, 0.1) is 5.60 Å². The molecule has 68 valence electrons. The molecule has 0 aliphatic carbocycles. The molecule has 0 saturated carbocycles. The van der Waals surface area contributed by atoms with Crippen LogP contribution in [0.2, 0.25) is 0 Å². The first-order chi connectivity index (χ1) is 5.47. The van der Waals surface area contributed by atoms with Crippen LogP contribution in [0.25, 0.3) is 0 Å². The second kappa shape index (κ2) is 3.04. The number of allylic oxidation sites excluding steroid dienone is 2. The Labute approximate surface area is 73.5 Å². The van der Waals surface area contributed by atoms with Gasteiger partial charge in [-0.25, -0.2) is 0 Å². The third-order valence-corrected chi connectivity index (χ3v) is 2.12. The molecule has 1 heterocycles. The molecular weight excluding hydrogens is 152 g/mol. The molecule has 2 atom stereocenters. The number of hydrogen-bond donors (Lipinski definition) is 1. The molecule has 1 N–H and O–H groups in total. The molecule has 0 unspecified atom stereocenters. The van der Waals surface area contributed by atoms with Crippen LogP contribution in [0.15, 0.2) is 24.3 Å². The summed E-state index contributed by atoms with van der Waals surface area (Å²) in [5.41, 5.74) is 0.825. The second-order valence-electron chi connectivity index (χ2n) is 3.75. The zero-order chi connectivity index (χ0) is 9.35. The minimum atomic E-state index is -0.502. The van der Waals surface area contributed by atoms with Gasteiger partial charge in [0.1, 0.15) is 12.2 Å². The maximum Gasteiger partial charge on any atom is 0.116 e. The lowest BCUT2D eigenvalue weighted by molar-refractivity contribution is 0.176. The van der Waals surface area contributed by atoms with Crippen molar-refractivity contribution in [1.29, 1.82) is 0 Å². The van der Waals surface area contributed by atoms with Gasteiger partial charge in [-0.15, -0.1) is 0 Å². The Morgan fingerprint density at radius 2 is 2.17 bits per heavy atom. The number of hydrogen-bond acceptors (Lipinski definition) is 2. The largest absolute Gasteiger partial charge is 0.386 e. The molecule has 0 radical (unpaired) electrons. The van der Waals surface area contributed by atoms with Crippen molar-refractivity contribution in [3.05, 3.63) is 24.3 Å². The van der Waals surface area contributed by atoms with Gasteiger partial charge in [0.25, 0.3) is 0 Å². The molecule has 1 aliphatic heterocycles. The number of rotatable bonds is 3. The highest BCUT2D eigenvalue weighted by Crippen LogP contribution is 2.38. The highest BCUT2D eigenvalue weighted by molar-refractivity contribution is 5.18. The molecule has 0 aromatic carbocycles. The predicted molar refractivity (Wildman–Crippen MR) is 48.9 cm³/mol. The SMILES string of the molecule is C=C/C(C)=C/[C@H](O)[C@H]1OC1(C)C. The standard InChI is InChI=1S/C10H16O2/c1-5-7(2)6-8(11)9-10(3,4)12-9/h5-6,8-9,11H,1H2,2-4H3/b7-6+/t8-,9+/m0/s1. The van der Waals surface area contributed by atoms with Crippen LogP contribution >= 0.6 is 0 Å². The summed E-state index contributed by atoms with van der Waals surface area (Å²) in [5.74, 6) is 0. The topological polar surface area (TPSA) is 32.8 Å². The summed E-state index contributed by atoms with van der Waals surface area (Å²) in [4.78, 5) is 0. The summed E-state index contributed by atoms with van der Waals surface area (Å²) in [6.45, 7) is 9.46. The Morgan fingerprint density at radius 3 is 2.50 bits per heavy atom. The van der Waals surface area contributed by atoms with Gasteiger partial charge in [0, 0.05) is 0 Å². The van der Waals surface area contributed by atoms with Gasteiger partial charge >= 0.3 is 0 Å². The number of ether oxygens (including phenoxy) is 1. The Kier molecular flexibility index (Phi) is 2.40. The van der Waals surface area contributed by atoms with E-state index in [1.165, 1.54) is 0 Å². The molecular formula is C10H16O2. The van der Waals surface area contributed by atoms with Crippen molar-refractivity contribution >= 4 is 0 Å². The molecule has 1 rings (SSSR count). The van der Waals surface area contributed by atoms with Crippen LogP contribution in [0.3, 0.4) is 0 Å². The van der Waals surface area contributed by atoms with Crippen LogP contribution in [0.5, 0.6) is 0 Å². The normalized spacial score (nSPS) is 29.7. The maximum absolute atomic E-state index is 9.58. The maximum atomic E-state index is 9.58. The third kappa shape index (κ3) is 1.96. The highest BCUT2D eigenvalue weighted by Gasteiger charge is 2.51. The predicted octanol–water partition coefficient (Wildman–Crippen LogP) is 1.66. The van der Waals surface area contributed by atoms with Crippen LogP contribution in [-0.2, 0) is 4.74 Å². The fourth-order valence-electron chi connectivity index (χ4n) is 1.20. The third-order valence-electron chi connectivity index (χ3n) is 2.12. The Morgan fingerprint density at radius 1 is 1.67 bits per heavy atom. The highest BCUT2D eigenvalue weighted by atomic mass is 16.6. The number of aliphatic hydroxyl groups is 1. The second-order valence-corrected chi connectivity index (χ2v) is 3.75. The summed E-state index contributed by atoms with van der Waals surface area (Å²) in [5, 5.41) is 9.58. The first-order valence-electron chi connectivity index (χ1n) is 4.14. The summed E-state index contributed by atoms with van der Waals surface area (Å²) in [7, 11) is 0. The van der Waals surface area contributed by atoms with Gasteiger partial charge < -0.3 is 9.84 Å². The van der Waals surface area contributed by atoms with E-state index < -0.39 is 6.10 Å². The Hall–Kier alpha value is -0.600. The monoisotopic (exact) mass is 168 g/mol. The summed E-state index contributed by atoms with van der Waals surface area (Å²) in [6, 6.07) is 0. The molecule has 0 spiro atoms.